The van der Waals surface area contributed by atoms with E-state index in [1.807, 2.05) is 48.5 Å². The van der Waals surface area contributed by atoms with Crippen LogP contribution in [0, 0.1) is 5.92 Å². The maximum atomic E-state index is 12.7. The van der Waals surface area contributed by atoms with Crippen molar-refractivity contribution >= 4 is 29.3 Å². The van der Waals surface area contributed by atoms with Gasteiger partial charge in [-0.3, -0.25) is 9.59 Å². The molecule has 6 heteroatoms. The van der Waals surface area contributed by atoms with Crippen molar-refractivity contribution in [1.82, 2.24) is 5.32 Å². The Morgan fingerprint density at radius 2 is 1.96 bits per heavy atom. The lowest BCUT2D eigenvalue weighted by Gasteiger charge is -2.25. The van der Waals surface area contributed by atoms with Crippen LogP contribution in [-0.4, -0.2) is 24.2 Å². The number of benzene rings is 2. The summed E-state index contributed by atoms with van der Waals surface area (Å²) < 4.78 is 5.21. The molecular weight excluding hydrogens is 360 g/mol. The first-order chi connectivity index (χ1) is 13.1. The average molecular weight is 382 g/mol. The molecule has 0 aromatic heterocycles. The molecule has 2 atom stereocenters. The molecule has 2 N–H and O–H groups in total. The average Bonchev–Trinajstić information content (AvgIpc) is 3.52. The van der Waals surface area contributed by atoms with Gasteiger partial charge in [-0.1, -0.05) is 24.3 Å². The second kappa shape index (κ2) is 7.64. The first-order valence-corrected chi connectivity index (χ1v) is 10.0. The van der Waals surface area contributed by atoms with Gasteiger partial charge in [0, 0.05) is 11.3 Å². The number of hydrogen-bond donors (Lipinski definition) is 2. The Morgan fingerprint density at radius 3 is 2.67 bits per heavy atom. The van der Waals surface area contributed by atoms with Gasteiger partial charge in [-0.25, -0.2) is 0 Å². The molecule has 1 fully saturated rings. The van der Waals surface area contributed by atoms with E-state index < -0.39 is 5.25 Å². The molecule has 2 unspecified atom stereocenters. The molecule has 0 spiro atoms. The van der Waals surface area contributed by atoms with Crippen molar-refractivity contribution in [3.05, 3.63) is 54.1 Å². The largest absolute Gasteiger partial charge is 0.497 e. The molecule has 2 amide bonds. The van der Waals surface area contributed by atoms with Crippen molar-refractivity contribution in [2.45, 2.75) is 35.4 Å². The zero-order chi connectivity index (χ0) is 18.8. The number of thioether (sulfide) groups is 1. The van der Waals surface area contributed by atoms with Crippen molar-refractivity contribution in [3.63, 3.8) is 0 Å². The van der Waals surface area contributed by atoms with Crippen LogP contribution in [0.1, 0.15) is 30.9 Å². The quantitative estimate of drug-likeness (QED) is 0.798. The SMILES string of the molecule is COc1ccc(C(NC(=O)CC2Sc3ccccc3NC2=O)C2CC2)cc1. The van der Waals surface area contributed by atoms with Gasteiger partial charge in [0.1, 0.15) is 5.75 Å². The number of hydrogen-bond acceptors (Lipinski definition) is 4. The summed E-state index contributed by atoms with van der Waals surface area (Å²) in [5.41, 5.74) is 1.90. The van der Waals surface area contributed by atoms with Crippen LogP contribution in [0.4, 0.5) is 5.69 Å². The standard InChI is InChI=1S/C21H22N2O3S/c1-26-15-10-8-14(9-11-15)20(13-6-7-13)23-19(24)12-18-21(25)22-16-4-2-3-5-17(16)27-18/h2-5,8-11,13,18,20H,6-7,12H2,1H3,(H,22,25)(H,23,24). The van der Waals surface area contributed by atoms with Crippen LogP contribution in [-0.2, 0) is 9.59 Å². The summed E-state index contributed by atoms with van der Waals surface area (Å²) in [4.78, 5) is 26.0. The van der Waals surface area contributed by atoms with Crippen LogP contribution in [0.3, 0.4) is 0 Å². The summed E-state index contributed by atoms with van der Waals surface area (Å²) in [6.45, 7) is 0. The highest BCUT2D eigenvalue weighted by Crippen LogP contribution is 2.42. The molecular formula is C21H22N2O3S. The van der Waals surface area contributed by atoms with E-state index in [0.717, 1.165) is 34.7 Å². The topological polar surface area (TPSA) is 67.4 Å². The Labute approximate surface area is 162 Å². The lowest BCUT2D eigenvalue weighted by atomic mass is 10.0. The summed E-state index contributed by atoms with van der Waals surface area (Å²) in [5.74, 6) is 1.07. The fourth-order valence-electron chi connectivity index (χ4n) is 3.34. The normalized spacial score (nSPS) is 19.6. The van der Waals surface area contributed by atoms with Crippen molar-refractivity contribution in [2.75, 3.05) is 12.4 Å². The minimum atomic E-state index is -0.407. The molecule has 0 saturated heterocycles. The summed E-state index contributed by atoms with van der Waals surface area (Å²) >= 11 is 1.46. The highest BCUT2D eigenvalue weighted by atomic mass is 32.2. The monoisotopic (exact) mass is 382 g/mol. The number of anilines is 1. The number of para-hydroxylation sites is 1. The van der Waals surface area contributed by atoms with Crippen LogP contribution < -0.4 is 15.4 Å². The first-order valence-electron chi connectivity index (χ1n) is 9.14. The molecule has 2 aromatic rings. The number of carbonyl (C=O) groups is 2. The molecule has 1 aliphatic heterocycles. The van der Waals surface area contributed by atoms with Gasteiger partial charge in [-0.2, -0.15) is 0 Å². The smallest absolute Gasteiger partial charge is 0.238 e. The van der Waals surface area contributed by atoms with E-state index in [9.17, 15) is 9.59 Å². The van der Waals surface area contributed by atoms with Gasteiger partial charge in [0.05, 0.1) is 24.1 Å². The zero-order valence-electron chi connectivity index (χ0n) is 15.1. The van der Waals surface area contributed by atoms with Crippen LogP contribution in [0.25, 0.3) is 0 Å². The maximum Gasteiger partial charge on any atom is 0.238 e. The van der Waals surface area contributed by atoms with Gasteiger partial charge in [0.2, 0.25) is 11.8 Å². The Kier molecular flexibility index (Phi) is 5.07. The van der Waals surface area contributed by atoms with Gasteiger partial charge in [-0.05, 0) is 48.6 Å². The van der Waals surface area contributed by atoms with Gasteiger partial charge in [-0.15, -0.1) is 11.8 Å². The zero-order valence-corrected chi connectivity index (χ0v) is 15.9. The number of nitrogens with one attached hydrogen (secondary N) is 2. The molecule has 0 bridgehead atoms. The van der Waals surface area contributed by atoms with Crippen LogP contribution in [0.5, 0.6) is 5.75 Å². The number of fused-ring (bicyclic) bond motifs is 1. The Hall–Kier alpha value is -2.47. The predicted molar refractivity (Wildman–Crippen MR) is 106 cm³/mol. The van der Waals surface area contributed by atoms with E-state index in [0.29, 0.717) is 5.92 Å². The minimum absolute atomic E-state index is 0.00709. The minimum Gasteiger partial charge on any atom is -0.497 e. The van der Waals surface area contributed by atoms with Gasteiger partial charge in [0.25, 0.3) is 0 Å². The number of amides is 2. The summed E-state index contributed by atoms with van der Waals surface area (Å²) in [7, 11) is 1.64. The molecule has 0 radical (unpaired) electrons. The van der Waals surface area contributed by atoms with E-state index >= 15 is 0 Å². The molecule has 2 aromatic carbocycles. The molecule has 1 aliphatic carbocycles. The van der Waals surface area contributed by atoms with Gasteiger partial charge in [0.15, 0.2) is 0 Å². The van der Waals surface area contributed by atoms with E-state index in [1.54, 1.807) is 7.11 Å². The number of ether oxygens (including phenoxy) is 1. The Morgan fingerprint density at radius 1 is 1.22 bits per heavy atom. The summed E-state index contributed by atoms with van der Waals surface area (Å²) in [6, 6.07) is 15.5. The lowest BCUT2D eigenvalue weighted by Crippen LogP contribution is -2.36. The highest BCUT2D eigenvalue weighted by molar-refractivity contribution is 8.01. The fourth-order valence-corrected chi connectivity index (χ4v) is 4.45. The highest BCUT2D eigenvalue weighted by Gasteiger charge is 2.35. The molecule has 2 aliphatic rings. The number of rotatable bonds is 6. The Bertz CT molecular complexity index is 849. The second-order valence-corrected chi connectivity index (χ2v) is 8.20. The predicted octanol–water partition coefficient (Wildman–Crippen LogP) is 3.77. The van der Waals surface area contributed by atoms with E-state index in [4.69, 9.17) is 4.74 Å². The van der Waals surface area contributed by atoms with Gasteiger partial charge >= 0.3 is 0 Å². The van der Waals surface area contributed by atoms with Crippen molar-refractivity contribution in [3.8, 4) is 5.75 Å². The fraction of sp³-hybridized carbons (Fsp3) is 0.333. The number of carbonyl (C=O) groups excluding carboxylic acids is 2. The molecule has 1 saturated carbocycles. The van der Waals surface area contributed by atoms with E-state index in [2.05, 4.69) is 10.6 Å². The molecule has 1 heterocycles. The van der Waals surface area contributed by atoms with Crippen molar-refractivity contribution < 1.29 is 14.3 Å². The third-order valence-electron chi connectivity index (χ3n) is 4.96. The lowest BCUT2D eigenvalue weighted by molar-refractivity contribution is -0.124. The third-order valence-corrected chi connectivity index (χ3v) is 6.24. The summed E-state index contributed by atoms with van der Waals surface area (Å²) in [5, 5.41) is 5.64. The Balaban J connectivity index is 1.42. The second-order valence-electron chi connectivity index (χ2n) is 6.95. The first kappa shape index (κ1) is 17.9. The van der Waals surface area contributed by atoms with Crippen molar-refractivity contribution in [1.29, 1.82) is 0 Å². The molecule has 5 nitrogen and oxygen atoms in total. The number of methoxy groups -OCH3 is 1. The molecule has 4 rings (SSSR count). The van der Waals surface area contributed by atoms with Gasteiger partial charge < -0.3 is 15.4 Å². The van der Waals surface area contributed by atoms with Crippen LogP contribution in [0.15, 0.2) is 53.4 Å². The molecule has 27 heavy (non-hydrogen) atoms. The molecule has 140 valence electrons. The van der Waals surface area contributed by atoms with Crippen LogP contribution in [0.2, 0.25) is 0 Å². The van der Waals surface area contributed by atoms with Crippen molar-refractivity contribution in [2.24, 2.45) is 5.92 Å². The van der Waals surface area contributed by atoms with E-state index in [1.165, 1.54) is 11.8 Å². The summed E-state index contributed by atoms with van der Waals surface area (Å²) in [6.07, 6.45) is 2.40. The van der Waals surface area contributed by atoms with Crippen LogP contribution >= 0.6 is 11.8 Å². The maximum absolute atomic E-state index is 12.7. The van der Waals surface area contributed by atoms with E-state index in [-0.39, 0.29) is 24.3 Å². The third kappa shape index (κ3) is 4.11.